The van der Waals surface area contributed by atoms with Crippen molar-refractivity contribution in [2.45, 2.75) is 45.1 Å². The van der Waals surface area contributed by atoms with Gasteiger partial charge in [0.15, 0.2) is 0 Å². The number of amides is 1. The molecule has 2 unspecified atom stereocenters. The highest BCUT2D eigenvalue weighted by Crippen LogP contribution is 2.23. The quantitative estimate of drug-likeness (QED) is 0.828. The van der Waals surface area contributed by atoms with E-state index < -0.39 is 0 Å². The van der Waals surface area contributed by atoms with Crippen molar-refractivity contribution in [2.24, 2.45) is 5.92 Å². The number of hydrogen-bond donors (Lipinski definition) is 1. The molecule has 0 aliphatic carbocycles. The van der Waals surface area contributed by atoms with Crippen molar-refractivity contribution in [3.63, 3.8) is 0 Å². The van der Waals surface area contributed by atoms with Crippen molar-refractivity contribution >= 4 is 21.8 Å². The first-order valence-electron chi connectivity index (χ1n) is 9.62. The van der Waals surface area contributed by atoms with Crippen molar-refractivity contribution in [3.8, 4) is 5.75 Å². The Bertz CT molecular complexity index is 585. The average Bonchev–Trinajstić information content (AvgIpc) is 2.91. The number of hydrogen-bond acceptors (Lipinski definition) is 2. The van der Waals surface area contributed by atoms with Crippen LogP contribution in [0.5, 0.6) is 5.75 Å². The highest BCUT2D eigenvalue weighted by atomic mass is 79.9. The molecule has 0 aromatic heterocycles. The second-order valence-electron chi connectivity index (χ2n) is 7.42. The van der Waals surface area contributed by atoms with Crippen LogP contribution in [0.25, 0.3) is 0 Å². The number of piperidine rings is 1. The van der Waals surface area contributed by atoms with Gasteiger partial charge in [-0.2, -0.15) is 0 Å². The lowest BCUT2D eigenvalue weighted by Crippen LogP contribution is -3.12. The molecule has 1 aromatic carbocycles. The van der Waals surface area contributed by atoms with Crippen LogP contribution in [-0.4, -0.2) is 44.1 Å². The molecule has 1 amide bonds. The van der Waals surface area contributed by atoms with Crippen LogP contribution in [0.2, 0.25) is 0 Å². The fraction of sp³-hybridized carbons (Fsp3) is 0.650. The van der Waals surface area contributed by atoms with Crippen LogP contribution >= 0.6 is 15.9 Å². The monoisotopic (exact) mass is 409 g/mol. The van der Waals surface area contributed by atoms with E-state index in [1.165, 1.54) is 36.1 Å². The SMILES string of the molecule is COc1ccc(Br)cc1C[NH+]1CCCC(C(=O)N2CCCCCC2)C1. The van der Waals surface area contributed by atoms with Gasteiger partial charge in [0.2, 0.25) is 5.91 Å². The Labute approximate surface area is 159 Å². The number of rotatable bonds is 4. The predicted octanol–water partition coefficient (Wildman–Crippen LogP) is 2.66. The van der Waals surface area contributed by atoms with E-state index >= 15 is 0 Å². The second kappa shape index (κ2) is 9.04. The lowest BCUT2D eigenvalue weighted by Gasteiger charge is -2.32. The van der Waals surface area contributed by atoms with Crippen molar-refractivity contribution in [1.82, 2.24) is 4.90 Å². The Kier molecular flexibility index (Phi) is 6.77. The Morgan fingerprint density at radius 3 is 2.72 bits per heavy atom. The molecule has 2 heterocycles. The summed E-state index contributed by atoms with van der Waals surface area (Å²) >= 11 is 3.56. The molecule has 0 saturated carbocycles. The minimum atomic E-state index is 0.194. The zero-order valence-corrected chi connectivity index (χ0v) is 16.8. The first kappa shape index (κ1) is 18.7. The van der Waals surface area contributed by atoms with Crippen LogP contribution in [0.15, 0.2) is 22.7 Å². The molecule has 1 aromatic rings. The Balaban J connectivity index is 1.63. The number of likely N-dealkylation sites (tertiary alicyclic amines) is 2. The topological polar surface area (TPSA) is 34.0 Å². The highest BCUT2D eigenvalue weighted by molar-refractivity contribution is 9.10. The Hall–Kier alpha value is -1.07. The summed E-state index contributed by atoms with van der Waals surface area (Å²) in [5.74, 6) is 1.54. The van der Waals surface area contributed by atoms with Crippen LogP contribution in [0, 0.1) is 5.92 Å². The van der Waals surface area contributed by atoms with Crippen molar-refractivity contribution in [3.05, 3.63) is 28.2 Å². The standard InChI is InChI=1S/C20H29BrN2O2/c1-25-19-9-8-18(21)13-17(19)15-22-10-6-7-16(14-22)20(24)23-11-4-2-3-5-12-23/h8-9,13,16H,2-7,10-12,14-15H2,1H3/p+1. The Morgan fingerprint density at radius 2 is 2.00 bits per heavy atom. The molecule has 0 bridgehead atoms. The summed E-state index contributed by atoms with van der Waals surface area (Å²) in [4.78, 5) is 16.6. The van der Waals surface area contributed by atoms with Crippen LogP contribution < -0.4 is 9.64 Å². The van der Waals surface area contributed by atoms with Gasteiger partial charge in [-0.3, -0.25) is 4.79 Å². The molecule has 2 fully saturated rings. The van der Waals surface area contributed by atoms with Gasteiger partial charge in [0.1, 0.15) is 12.3 Å². The van der Waals surface area contributed by atoms with Crippen molar-refractivity contribution < 1.29 is 14.4 Å². The normalized spacial score (nSPS) is 24.6. The fourth-order valence-corrected chi connectivity index (χ4v) is 4.63. The van der Waals surface area contributed by atoms with E-state index in [0.717, 1.165) is 55.8 Å². The number of carbonyl (C=O) groups is 1. The van der Waals surface area contributed by atoms with E-state index in [2.05, 4.69) is 26.9 Å². The van der Waals surface area contributed by atoms with Gasteiger partial charge < -0.3 is 14.5 Å². The fourth-order valence-electron chi connectivity index (χ4n) is 4.23. The molecule has 138 valence electrons. The summed E-state index contributed by atoms with van der Waals surface area (Å²) < 4.78 is 6.60. The van der Waals surface area contributed by atoms with Gasteiger partial charge in [0.25, 0.3) is 0 Å². The third-order valence-electron chi connectivity index (χ3n) is 5.57. The van der Waals surface area contributed by atoms with Crippen LogP contribution in [-0.2, 0) is 11.3 Å². The molecule has 25 heavy (non-hydrogen) atoms. The van der Waals surface area contributed by atoms with Crippen LogP contribution in [0.1, 0.15) is 44.1 Å². The van der Waals surface area contributed by atoms with Gasteiger partial charge in [0.05, 0.1) is 26.1 Å². The van der Waals surface area contributed by atoms with Gasteiger partial charge in [0, 0.05) is 23.1 Å². The first-order chi connectivity index (χ1) is 12.2. The number of ether oxygens (including phenoxy) is 1. The van der Waals surface area contributed by atoms with Crippen LogP contribution in [0.4, 0.5) is 0 Å². The average molecular weight is 410 g/mol. The molecule has 2 aliphatic rings. The van der Waals surface area contributed by atoms with Gasteiger partial charge in [-0.05, 0) is 43.9 Å². The molecule has 0 spiro atoms. The summed E-state index contributed by atoms with van der Waals surface area (Å²) in [6, 6.07) is 6.17. The predicted molar refractivity (Wildman–Crippen MR) is 103 cm³/mol. The van der Waals surface area contributed by atoms with Gasteiger partial charge in [-0.1, -0.05) is 28.8 Å². The summed E-state index contributed by atoms with van der Waals surface area (Å²) in [6.45, 7) is 4.94. The third kappa shape index (κ3) is 4.98. The van der Waals surface area contributed by atoms with Crippen LogP contribution in [0.3, 0.4) is 0 Å². The second-order valence-corrected chi connectivity index (χ2v) is 8.33. The Morgan fingerprint density at radius 1 is 1.24 bits per heavy atom. The summed E-state index contributed by atoms with van der Waals surface area (Å²) in [5, 5.41) is 0. The molecule has 2 aliphatic heterocycles. The van der Waals surface area contributed by atoms with Gasteiger partial charge in [-0.15, -0.1) is 0 Å². The van der Waals surface area contributed by atoms with Gasteiger partial charge in [-0.25, -0.2) is 0 Å². The van der Waals surface area contributed by atoms with E-state index in [-0.39, 0.29) is 5.92 Å². The van der Waals surface area contributed by atoms with Gasteiger partial charge >= 0.3 is 0 Å². The summed E-state index contributed by atoms with van der Waals surface area (Å²) in [5.41, 5.74) is 1.22. The van der Waals surface area contributed by atoms with Crippen molar-refractivity contribution in [1.29, 1.82) is 0 Å². The summed E-state index contributed by atoms with van der Waals surface area (Å²) in [7, 11) is 1.73. The minimum absolute atomic E-state index is 0.194. The number of methoxy groups -OCH3 is 1. The molecule has 4 nitrogen and oxygen atoms in total. The lowest BCUT2D eigenvalue weighted by atomic mass is 9.95. The molecule has 0 radical (unpaired) electrons. The van der Waals surface area contributed by atoms with E-state index in [4.69, 9.17) is 4.74 Å². The number of halogens is 1. The smallest absolute Gasteiger partial charge is 0.231 e. The molecule has 1 N–H and O–H groups in total. The summed E-state index contributed by atoms with van der Waals surface area (Å²) in [6.07, 6.45) is 7.07. The molecule has 2 saturated heterocycles. The number of carbonyl (C=O) groups excluding carboxylic acids is 1. The minimum Gasteiger partial charge on any atom is -0.496 e. The molecule has 2 atom stereocenters. The van der Waals surface area contributed by atoms with E-state index in [1.54, 1.807) is 7.11 Å². The number of nitrogens with zero attached hydrogens (tertiary/aromatic N) is 1. The highest BCUT2D eigenvalue weighted by Gasteiger charge is 2.32. The van der Waals surface area contributed by atoms with E-state index in [9.17, 15) is 4.79 Å². The molecular weight excluding hydrogens is 380 g/mol. The lowest BCUT2D eigenvalue weighted by molar-refractivity contribution is -0.921. The zero-order valence-electron chi connectivity index (χ0n) is 15.2. The van der Waals surface area contributed by atoms with Crippen molar-refractivity contribution in [2.75, 3.05) is 33.3 Å². The maximum atomic E-state index is 13.0. The zero-order chi connectivity index (χ0) is 17.6. The van der Waals surface area contributed by atoms with E-state index in [1.807, 2.05) is 12.1 Å². The maximum absolute atomic E-state index is 13.0. The van der Waals surface area contributed by atoms with E-state index in [0.29, 0.717) is 5.91 Å². The number of quaternary nitrogens is 1. The first-order valence-corrected chi connectivity index (χ1v) is 10.4. The molecule has 3 rings (SSSR count). The third-order valence-corrected chi connectivity index (χ3v) is 6.06. The number of benzene rings is 1. The largest absolute Gasteiger partial charge is 0.496 e. The number of nitrogens with one attached hydrogen (secondary N) is 1. The molecular formula is C20H30BrN2O2+. The molecule has 5 heteroatoms. The maximum Gasteiger partial charge on any atom is 0.231 e.